The van der Waals surface area contributed by atoms with Gasteiger partial charge in [-0.1, -0.05) is 17.7 Å². The monoisotopic (exact) mass is 362 g/mol. The topological polar surface area (TPSA) is 88.5 Å². The van der Waals surface area contributed by atoms with Gasteiger partial charge in [-0.15, -0.1) is 11.3 Å². The lowest BCUT2D eigenvalue weighted by atomic mass is 10.2. The Morgan fingerprint density at radius 2 is 2.04 bits per heavy atom. The number of hydrogen-bond acceptors (Lipinski definition) is 5. The molecule has 0 saturated heterocycles. The van der Waals surface area contributed by atoms with Gasteiger partial charge in [0.15, 0.2) is 0 Å². The summed E-state index contributed by atoms with van der Waals surface area (Å²) in [6.45, 7) is 4.18. The molecule has 0 bridgehead atoms. The number of aromatic nitrogens is 1. The zero-order valence-electron chi connectivity index (χ0n) is 14.3. The highest BCUT2D eigenvalue weighted by molar-refractivity contribution is 7.09. The maximum absolute atomic E-state index is 12.0. The predicted molar refractivity (Wildman–Crippen MR) is 95.8 cm³/mol. The number of nitrogens with zero attached hydrogens (tertiary/aromatic N) is 1. The second-order valence-corrected chi connectivity index (χ2v) is 6.85. The second kappa shape index (κ2) is 9.17. The number of aliphatic carboxylic acids is 1. The number of nitrogens with one attached hydrogen (secondary N) is 1. The molecule has 1 aromatic heterocycles. The third-order valence-electron chi connectivity index (χ3n) is 3.52. The summed E-state index contributed by atoms with van der Waals surface area (Å²) in [4.78, 5) is 26.9. The third kappa shape index (κ3) is 6.93. The van der Waals surface area contributed by atoms with Crippen LogP contribution in [0.5, 0.6) is 5.75 Å². The number of carboxylic acid groups (broad SMARTS) is 1. The van der Waals surface area contributed by atoms with Crippen molar-refractivity contribution in [2.75, 3.05) is 0 Å². The summed E-state index contributed by atoms with van der Waals surface area (Å²) in [5.41, 5.74) is 1.86. The van der Waals surface area contributed by atoms with E-state index in [4.69, 9.17) is 9.84 Å². The molecule has 0 fully saturated rings. The largest absolute Gasteiger partial charge is 0.486 e. The Morgan fingerprint density at radius 3 is 2.72 bits per heavy atom. The van der Waals surface area contributed by atoms with Gasteiger partial charge in [0.05, 0.1) is 12.1 Å². The van der Waals surface area contributed by atoms with Gasteiger partial charge in [0, 0.05) is 17.8 Å². The molecule has 1 aromatic carbocycles. The number of amides is 1. The van der Waals surface area contributed by atoms with Crippen LogP contribution in [0.1, 0.15) is 36.0 Å². The molecule has 0 saturated carbocycles. The zero-order chi connectivity index (χ0) is 18.2. The number of rotatable bonds is 9. The number of carboxylic acids is 1. The smallest absolute Gasteiger partial charge is 0.303 e. The van der Waals surface area contributed by atoms with Gasteiger partial charge >= 0.3 is 5.97 Å². The van der Waals surface area contributed by atoms with E-state index in [0.717, 1.165) is 10.8 Å². The van der Waals surface area contributed by atoms with Crippen LogP contribution in [-0.2, 0) is 22.6 Å². The Balaban J connectivity index is 1.77. The summed E-state index contributed by atoms with van der Waals surface area (Å²) < 4.78 is 5.68. The summed E-state index contributed by atoms with van der Waals surface area (Å²) in [5.74, 6) is -0.236. The van der Waals surface area contributed by atoms with Crippen LogP contribution in [0, 0.1) is 6.92 Å². The Morgan fingerprint density at radius 1 is 1.32 bits per heavy atom. The van der Waals surface area contributed by atoms with Crippen molar-refractivity contribution in [1.29, 1.82) is 0 Å². The third-order valence-corrected chi connectivity index (χ3v) is 4.39. The van der Waals surface area contributed by atoms with E-state index < -0.39 is 5.97 Å². The minimum absolute atomic E-state index is 0.0403. The summed E-state index contributed by atoms with van der Waals surface area (Å²) >= 11 is 1.45. The Hall–Kier alpha value is -2.41. The lowest BCUT2D eigenvalue weighted by molar-refractivity contribution is -0.137. The van der Waals surface area contributed by atoms with Gasteiger partial charge in [-0.2, -0.15) is 0 Å². The molecule has 1 atom stereocenters. The number of thiazole rings is 1. The first-order valence-corrected chi connectivity index (χ1v) is 8.94. The van der Waals surface area contributed by atoms with Gasteiger partial charge in [0.1, 0.15) is 17.4 Å². The minimum Gasteiger partial charge on any atom is -0.486 e. The van der Waals surface area contributed by atoms with Crippen LogP contribution in [0.3, 0.4) is 0 Å². The summed E-state index contributed by atoms with van der Waals surface area (Å²) in [6, 6.07) is 7.62. The molecule has 1 heterocycles. The fraction of sp³-hybridized carbons (Fsp3) is 0.389. The first-order chi connectivity index (χ1) is 11.9. The molecule has 0 aliphatic heterocycles. The van der Waals surface area contributed by atoms with Crippen LogP contribution >= 0.6 is 11.3 Å². The van der Waals surface area contributed by atoms with E-state index in [2.05, 4.69) is 10.3 Å². The van der Waals surface area contributed by atoms with Crippen LogP contribution in [-0.4, -0.2) is 28.0 Å². The fourth-order valence-electron chi connectivity index (χ4n) is 2.18. The van der Waals surface area contributed by atoms with Gasteiger partial charge in [0.25, 0.3) is 0 Å². The van der Waals surface area contributed by atoms with Gasteiger partial charge in [-0.3, -0.25) is 9.59 Å². The highest BCUT2D eigenvalue weighted by atomic mass is 32.1. The lowest BCUT2D eigenvalue weighted by Gasteiger charge is -2.11. The second-order valence-electron chi connectivity index (χ2n) is 5.91. The van der Waals surface area contributed by atoms with Crippen molar-refractivity contribution in [2.24, 2.45) is 0 Å². The van der Waals surface area contributed by atoms with Gasteiger partial charge < -0.3 is 15.2 Å². The first-order valence-electron chi connectivity index (χ1n) is 8.06. The van der Waals surface area contributed by atoms with E-state index in [0.29, 0.717) is 18.7 Å². The van der Waals surface area contributed by atoms with E-state index >= 15 is 0 Å². The molecule has 1 unspecified atom stereocenters. The molecule has 0 aliphatic carbocycles. The SMILES string of the molecule is Cc1ccc(OCc2nc(CC(=O)NC(C)CCC(=O)O)cs2)cc1. The molecule has 6 nitrogen and oxygen atoms in total. The molecule has 0 radical (unpaired) electrons. The first kappa shape index (κ1) is 18.9. The average Bonchev–Trinajstić information content (AvgIpc) is 2.99. The molecule has 25 heavy (non-hydrogen) atoms. The van der Waals surface area contributed by atoms with Crippen LogP contribution < -0.4 is 10.1 Å². The molecule has 2 N–H and O–H groups in total. The van der Waals surface area contributed by atoms with E-state index in [1.165, 1.54) is 16.9 Å². The summed E-state index contributed by atoms with van der Waals surface area (Å²) in [6.07, 6.45) is 0.630. The fourth-order valence-corrected chi connectivity index (χ4v) is 2.88. The van der Waals surface area contributed by atoms with Crippen molar-refractivity contribution in [3.05, 3.63) is 45.9 Å². The molecular formula is C18H22N2O4S. The Bertz CT molecular complexity index is 712. The minimum atomic E-state index is -0.862. The molecular weight excluding hydrogens is 340 g/mol. The van der Waals surface area contributed by atoms with Crippen LogP contribution in [0.15, 0.2) is 29.6 Å². The normalized spacial score (nSPS) is 11.8. The molecule has 2 rings (SSSR count). The maximum Gasteiger partial charge on any atom is 0.303 e. The predicted octanol–water partition coefficient (Wildman–Crippen LogP) is 2.94. The van der Waals surface area contributed by atoms with Crippen molar-refractivity contribution in [3.63, 3.8) is 0 Å². The van der Waals surface area contributed by atoms with Crippen LogP contribution in [0.4, 0.5) is 0 Å². The van der Waals surface area contributed by atoms with Gasteiger partial charge in [-0.05, 0) is 32.4 Å². The number of aryl methyl sites for hydroxylation is 1. The van der Waals surface area contributed by atoms with Crippen molar-refractivity contribution in [2.45, 2.75) is 45.8 Å². The molecule has 0 aliphatic rings. The van der Waals surface area contributed by atoms with Crippen molar-refractivity contribution in [3.8, 4) is 5.75 Å². The van der Waals surface area contributed by atoms with Crippen molar-refractivity contribution >= 4 is 23.2 Å². The number of ether oxygens (including phenoxy) is 1. The van der Waals surface area contributed by atoms with Crippen molar-refractivity contribution in [1.82, 2.24) is 10.3 Å². The Labute approximate surface area is 150 Å². The molecule has 0 spiro atoms. The molecule has 134 valence electrons. The van der Waals surface area contributed by atoms with E-state index in [9.17, 15) is 9.59 Å². The molecule has 2 aromatic rings. The Kier molecular flexibility index (Phi) is 6.94. The van der Waals surface area contributed by atoms with Gasteiger partial charge in [0.2, 0.25) is 5.91 Å². The standard InChI is InChI=1S/C18H22N2O4S/c1-12-3-6-15(7-4-12)24-10-17-20-14(11-25-17)9-16(21)19-13(2)5-8-18(22)23/h3-4,6-7,11,13H,5,8-10H2,1-2H3,(H,19,21)(H,22,23). The highest BCUT2D eigenvalue weighted by Crippen LogP contribution is 2.16. The number of carbonyl (C=O) groups excluding carboxylic acids is 1. The maximum atomic E-state index is 12.0. The molecule has 7 heteroatoms. The van der Waals surface area contributed by atoms with E-state index in [1.807, 2.05) is 36.6 Å². The van der Waals surface area contributed by atoms with E-state index in [-0.39, 0.29) is 24.8 Å². The number of carbonyl (C=O) groups is 2. The van der Waals surface area contributed by atoms with Crippen LogP contribution in [0.2, 0.25) is 0 Å². The molecule has 1 amide bonds. The average molecular weight is 362 g/mol. The lowest BCUT2D eigenvalue weighted by Crippen LogP contribution is -2.34. The van der Waals surface area contributed by atoms with E-state index in [1.54, 1.807) is 6.92 Å². The quantitative estimate of drug-likeness (QED) is 0.716. The van der Waals surface area contributed by atoms with Crippen molar-refractivity contribution < 1.29 is 19.4 Å². The van der Waals surface area contributed by atoms with Crippen LogP contribution in [0.25, 0.3) is 0 Å². The summed E-state index contributed by atoms with van der Waals surface area (Å²) in [5, 5.41) is 14.1. The number of hydrogen-bond donors (Lipinski definition) is 2. The highest BCUT2D eigenvalue weighted by Gasteiger charge is 2.12. The van der Waals surface area contributed by atoms with Gasteiger partial charge in [-0.25, -0.2) is 4.98 Å². The summed E-state index contributed by atoms with van der Waals surface area (Å²) in [7, 11) is 0. The number of benzene rings is 1. The zero-order valence-corrected chi connectivity index (χ0v) is 15.1.